The van der Waals surface area contributed by atoms with Gasteiger partial charge in [0.2, 0.25) is 10.0 Å². The largest absolute Gasteiger partial charge is 0.496 e. The van der Waals surface area contributed by atoms with Gasteiger partial charge >= 0.3 is 0 Å². The highest BCUT2D eigenvalue weighted by Crippen LogP contribution is 2.30. The minimum absolute atomic E-state index is 0.0866. The molecule has 1 aliphatic rings. The summed E-state index contributed by atoms with van der Waals surface area (Å²) < 4.78 is 37.8. The second-order valence-corrected chi connectivity index (χ2v) is 7.60. The number of likely N-dealkylation sites (N-methyl/N-ethyl adjacent to an activating group) is 1. The van der Waals surface area contributed by atoms with Gasteiger partial charge < -0.3 is 9.47 Å². The van der Waals surface area contributed by atoms with Crippen LogP contribution in [-0.2, 0) is 14.8 Å². The third-order valence-corrected chi connectivity index (χ3v) is 6.10. The Morgan fingerprint density at radius 1 is 1.45 bits per heavy atom. The first-order chi connectivity index (χ1) is 9.37. The van der Waals surface area contributed by atoms with E-state index in [4.69, 9.17) is 9.47 Å². The Labute approximate surface area is 128 Å². The molecule has 2 rings (SSSR count). The number of halogens is 1. The third-order valence-electron chi connectivity index (χ3n) is 3.60. The molecule has 0 bridgehead atoms. The molecule has 1 aliphatic heterocycles. The maximum atomic E-state index is 12.6. The quantitative estimate of drug-likeness (QED) is 0.823. The Kier molecular flexibility index (Phi) is 4.73. The molecule has 0 N–H and O–H groups in total. The maximum Gasteiger partial charge on any atom is 0.243 e. The van der Waals surface area contributed by atoms with E-state index in [-0.39, 0.29) is 17.0 Å². The zero-order chi connectivity index (χ0) is 14.9. The van der Waals surface area contributed by atoms with Crippen molar-refractivity contribution in [3.05, 3.63) is 22.7 Å². The Bertz CT molecular complexity index is 590. The molecule has 0 aliphatic carbocycles. The molecule has 2 atom stereocenters. The number of benzene rings is 1. The highest BCUT2D eigenvalue weighted by Gasteiger charge is 2.35. The summed E-state index contributed by atoms with van der Waals surface area (Å²) in [6, 6.07) is 4.63. The summed E-state index contributed by atoms with van der Waals surface area (Å²) in [5.41, 5.74) is 0. The van der Waals surface area contributed by atoms with Crippen molar-refractivity contribution in [1.29, 1.82) is 0 Å². The number of ether oxygens (including phenoxy) is 2. The average Bonchev–Trinajstić information content (AvgIpc) is 2.83. The number of nitrogens with zero attached hydrogens (tertiary/aromatic N) is 1. The van der Waals surface area contributed by atoms with E-state index < -0.39 is 10.0 Å². The van der Waals surface area contributed by atoms with E-state index in [1.54, 1.807) is 25.2 Å². The first kappa shape index (κ1) is 15.8. The Hall–Kier alpha value is -0.630. The van der Waals surface area contributed by atoms with E-state index in [2.05, 4.69) is 15.9 Å². The van der Waals surface area contributed by atoms with Crippen LogP contribution in [0.3, 0.4) is 0 Å². The first-order valence-electron chi connectivity index (χ1n) is 6.31. The molecule has 0 saturated carbocycles. The molecule has 0 amide bonds. The fraction of sp³-hybridized carbons (Fsp3) is 0.538. The van der Waals surface area contributed by atoms with Gasteiger partial charge in [-0.05, 0) is 47.5 Å². The molecular weight excluding hydrogens is 346 g/mol. The second-order valence-electron chi connectivity index (χ2n) is 4.75. The summed E-state index contributed by atoms with van der Waals surface area (Å²) in [5, 5.41) is 0. The van der Waals surface area contributed by atoms with Crippen molar-refractivity contribution in [2.45, 2.75) is 30.4 Å². The number of hydrogen-bond donors (Lipinski definition) is 0. The SMILES string of the molecule is COc1ccc(S(=O)(=O)N(C)C2CCOC2C)cc1Br. The lowest BCUT2D eigenvalue weighted by molar-refractivity contribution is 0.102. The van der Waals surface area contributed by atoms with Crippen LogP contribution in [-0.4, -0.2) is 45.6 Å². The van der Waals surface area contributed by atoms with Crippen LogP contribution in [0, 0.1) is 0 Å². The topological polar surface area (TPSA) is 55.8 Å². The highest BCUT2D eigenvalue weighted by atomic mass is 79.9. The Balaban J connectivity index is 2.32. The normalized spacial score (nSPS) is 23.2. The number of hydrogen-bond acceptors (Lipinski definition) is 4. The van der Waals surface area contributed by atoms with Crippen molar-refractivity contribution in [3.8, 4) is 5.75 Å². The zero-order valence-electron chi connectivity index (χ0n) is 11.7. The standard InChI is InChI=1S/C13H18BrNO4S/c1-9-12(6-7-19-9)15(2)20(16,17)10-4-5-13(18-3)11(14)8-10/h4-5,8-9,12H,6-7H2,1-3H3. The lowest BCUT2D eigenvalue weighted by atomic mass is 10.2. The molecular formula is C13H18BrNO4S. The van der Waals surface area contributed by atoms with Gasteiger partial charge in [-0.2, -0.15) is 4.31 Å². The van der Waals surface area contributed by atoms with Crippen LogP contribution in [0.4, 0.5) is 0 Å². The van der Waals surface area contributed by atoms with Crippen LogP contribution < -0.4 is 4.74 Å². The maximum absolute atomic E-state index is 12.6. The molecule has 1 fully saturated rings. The van der Waals surface area contributed by atoms with Crippen LogP contribution in [0.2, 0.25) is 0 Å². The minimum Gasteiger partial charge on any atom is -0.496 e. The molecule has 1 saturated heterocycles. The predicted octanol–water partition coefficient (Wildman–Crippen LogP) is 2.26. The first-order valence-corrected chi connectivity index (χ1v) is 8.54. The summed E-state index contributed by atoms with van der Waals surface area (Å²) in [6.07, 6.45) is 0.630. The average molecular weight is 364 g/mol. The summed E-state index contributed by atoms with van der Waals surface area (Å²) in [6.45, 7) is 2.49. The molecule has 1 aromatic rings. The van der Waals surface area contributed by atoms with Crippen molar-refractivity contribution >= 4 is 26.0 Å². The van der Waals surface area contributed by atoms with Crippen LogP contribution in [0.5, 0.6) is 5.75 Å². The van der Waals surface area contributed by atoms with Crippen molar-refractivity contribution in [3.63, 3.8) is 0 Å². The molecule has 1 heterocycles. The van der Waals surface area contributed by atoms with Gasteiger partial charge in [0.05, 0.1) is 28.6 Å². The smallest absolute Gasteiger partial charge is 0.243 e. The lowest BCUT2D eigenvalue weighted by Crippen LogP contribution is -2.40. The predicted molar refractivity (Wildman–Crippen MR) is 79.5 cm³/mol. The lowest BCUT2D eigenvalue weighted by Gasteiger charge is -2.26. The van der Waals surface area contributed by atoms with Crippen LogP contribution in [0.15, 0.2) is 27.6 Å². The summed E-state index contributed by atoms with van der Waals surface area (Å²) in [7, 11) is -0.395. The van der Waals surface area contributed by atoms with Gasteiger partial charge in [-0.25, -0.2) is 8.42 Å². The highest BCUT2D eigenvalue weighted by molar-refractivity contribution is 9.10. The van der Waals surface area contributed by atoms with Crippen LogP contribution in [0.1, 0.15) is 13.3 Å². The van der Waals surface area contributed by atoms with E-state index in [0.29, 0.717) is 23.2 Å². The van der Waals surface area contributed by atoms with E-state index >= 15 is 0 Å². The summed E-state index contributed by atoms with van der Waals surface area (Å²) in [5.74, 6) is 0.601. The van der Waals surface area contributed by atoms with Crippen molar-refractivity contribution in [2.75, 3.05) is 20.8 Å². The van der Waals surface area contributed by atoms with Gasteiger partial charge in [0.1, 0.15) is 5.75 Å². The zero-order valence-corrected chi connectivity index (χ0v) is 14.1. The Morgan fingerprint density at radius 2 is 2.15 bits per heavy atom. The second kappa shape index (κ2) is 6.01. The van der Waals surface area contributed by atoms with Gasteiger partial charge in [-0.1, -0.05) is 0 Å². The molecule has 0 aromatic heterocycles. The fourth-order valence-corrected chi connectivity index (χ4v) is 4.51. The Morgan fingerprint density at radius 3 is 2.65 bits per heavy atom. The van der Waals surface area contributed by atoms with E-state index in [1.165, 1.54) is 11.4 Å². The van der Waals surface area contributed by atoms with Gasteiger partial charge in [0, 0.05) is 13.7 Å². The van der Waals surface area contributed by atoms with E-state index in [9.17, 15) is 8.42 Å². The number of rotatable bonds is 4. The van der Waals surface area contributed by atoms with Gasteiger partial charge in [-0.3, -0.25) is 0 Å². The van der Waals surface area contributed by atoms with Gasteiger partial charge in [0.25, 0.3) is 0 Å². The molecule has 20 heavy (non-hydrogen) atoms. The summed E-state index contributed by atoms with van der Waals surface area (Å²) >= 11 is 3.31. The molecule has 2 unspecified atom stereocenters. The van der Waals surface area contributed by atoms with Gasteiger partial charge in [0.15, 0.2) is 0 Å². The number of sulfonamides is 1. The van der Waals surface area contributed by atoms with Crippen molar-refractivity contribution < 1.29 is 17.9 Å². The molecule has 0 spiro atoms. The van der Waals surface area contributed by atoms with Crippen molar-refractivity contribution in [2.24, 2.45) is 0 Å². The number of methoxy groups -OCH3 is 1. The summed E-state index contributed by atoms with van der Waals surface area (Å²) in [4.78, 5) is 0.242. The van der Waals surface area contributed by atoms with E-state index in [0.717, 1.165) is 0 Å². The molecule has 1 aromatic carbocycles. The third kappa shape index (κ3) is 2.86. The van der Waals surface area contributed by atoms with Crippen LogP contribution >= 0.6 is 15.9 Å². The molecule has 0 radical (unpaired) electrons. The molecule has 7 heteroatoms. The van der Waals surface area contributed by atoms with E-state index in [1.807, 2.05) is 6.92 Å². The fourth-order valence-electron chi connectivity index (χ4n) is 2.35. The minimum atomic E-state index is -3.54. The molecule has 112 valence electrons. The molecule has 5 nitrogen and oxygen atoms in total. The monoisotopic (exact) mass is 363 g/mol. The van der Waals surface area contributed by atoms with Crippen LogP contribution in [0.25, 0.3) is 0 Å². The van der Waals surface area contributed by atoms with Crippen molar-refractivity contribution in [1.82, 2.24) is 4.31 Å². The van der Waals surface area contributed by atoms with Gasteiger partial charge in [-0.15, -0.1) is 0 Å².